The normalized spacial score (nSPS) is 10.4. The van der Waals surface area contributed by atoms with Gasteiger partial charge in [0, 0.05) is 16.7 Å². The number of carboxylic acid groups (broad SMARTS) is 1. The molecule has 2 aromatic heterocycles. The summed E-state index contributed by atoms with van der Waals surface area (Å²) in [5.74, 6) is -1.01. The molecule has 0 aliphatic heterocycles. The number of thiazole rings is 1. The zero-order chi connectivity index (χ0) is 14.4. The van der Waals surface area contributed by atoms with Crippen LogP contribution in [0.1, 0.15) is 23.4 Å². The Morgan fingerprint density at radius 3 is 2.90 bits per heavy atom. The third kappa shape index (κ3) is 4.75. The number of nitrogens with zero attached hydrogens (tertiary/aromatic N) is 1. The van der Waals surface area contributed by atoms with E-state index in [1.165, 1.54) is 16.2 Å². The van der Waals surface area contributed by atoms with Crippen LogP contribution in [0.15, 0.2) is 22.9 Å². The lowest BCUT2D eigenvalue weighted by molar-refractivity contribution is -0.136. The lowest BCUT2D eigenvalue weighted by atomic mass is 10.2. The van der Waals surface area contributed by atoms with Crippen molar-refractivity contribution in [2.24, 2.45) is 0 Å². The molecule has 0 aromatic carbocycles. The maximum atomic E-state index is 11.7. The van der Waals surface area contributed by atoms with Crippen LogP contribution in [0.25, 0.3) is 0 Å². The van der Waals surface area contributed by atoms with Gasteiger partial charge in [0.1, 0.15) is 0 Å². The molecule has 1 amide bonds. The van der Waals surface area contributed by atoms with Crippen LogP contribution in [-0.2, 0) is 22.4 Å². The molecule has 0 aliphatic carbocycles. The van der Waals surface area contributed by atoms with Gasteiger partial charge in [-0.25, -0.2) is 4.98 Å². The predicted octanol–water partition coefficient (Wildman–Crippen LogP) is 2.79. The van der Waals surface area contributed by atoms with Crippen molar-refractivity contribution in [3.8, 4) is 0 Å². The summed E-state index contributed by atoms with van der Waals surface area (Å²) in [6.07, 6.45) is 2.00. The van der Waals surface area contributed by atoms with Crippen molar-refractivity contribution in [1.29, 1.82) is 0 Å². The molecule has 2 N–H and O–H groups in total. The first-order valence-electron chi connectivity index (χ1n) is 6.12. The number of hydrogen-bond acceptors (Lipinski definition) is 5. The number of rotatable bonds is 7. The predicted molar refractivity (Wildman–Crippen MR) is 79.3 cm³/mol. The van der Waals surface area contributed by atoms with Crippen LogP contribution < -0.4 is 5.32 Å². The van der Waals surface area contributed by atoms with Gasteiger partial charge in [0.05, 0.1) is 12.1 Å². The standard InChI is InChI=1S/C13H14N2O3S2/c16-11(5-1-3-10-4-2-6-19-10)15-13-14-9(8-20-13)7-12(17)18/h2,4,6,8H,1,3,5,7H2,(H,17,18)(H,14,15,16). The van der Waals surface area contributed by atoms with E-state index in [0.29, 0.717) is 17.2 Å². The molecule has 0 atom stereocenters. The number of aromatic nitrogens is 1. The van der Waals surface area contributed by atoms with E-state index in [1.54, 1.807) is 16.7 Å². The Labute approximate surface area is 124 Å². The van der Waals surface area contributed by atoms with Crippen molar-refractivity contribution in [3.63, 3.8) is 0 Å². The van der Waals surface area contributed by atoms with E-state index in [0.717, 1.165) is 12.8 Å². The number of amides is 1. The van der Waals surface area contributed by atoms with Gasteiger partial charge in [0.2, 0.25) is 5.91 Å². The first-order chi connectivity index (χ1) is 9.63. The molecule has 0 radical (unpaired) electrons. The van der Waals surface area contributed by atoms with Crippen molar-refractivity contribution in [1.82, 2.24) is 4.98 Å². The van der Waals surface area contributed by atoms with Gasteiger partial charge in [-0.1, -0.05) is 6.07 Å². The minimum atomic E-state index is -0.927. The Kier molecular flexibility index (Phi) is 5.25. The van der Waals surface area contributed by atoms with Gasteiger partial charge < -0.3 is 10.4 Å². The van der Waals surface area contributed by atoms with E-state index in [4.69, 9.17) is 5.11 Å². The van der Waals surface area contributed by atoms with Gasteiger partial charge in [-0.15, -0.1) is 22.7 Å². The molecule has 0 spiro atoms. The van der Waals surface area contributed by atoms with Crippen molar-refractivity contribution in [3.05, 3.63) is 33.5 Å². The second-order valence-electron chi connectivity index (χ2n) is 4.20. The number of anilines is 1. The van der Waals surface area contributed by atoms with Gasteiger partial charge in [0.25, 0.3) is 0 Å². The first kappa shape index (κ1) is 14.7. The lowest BCUT2D eigenvalue weighted by Crippen LogP contribution is -2.11. The van der Waals surface area contributed by atoms with Crippen molar-refractivity contribution < 1.29 is 14.7 Å². The molecule has 0 saturated heterocycles. The zero-order valence-electron chi connectivity index (χ0n) is 10.7. The minimum absolute atomic E-state index is 0.0854. The largest absolute Gasteiger partial charge is 0.481 e. The Bertz CT molecular complexity index is 578. The molecule has 7 heteroatoms. The van der Waals surface area contributed by atoms with Crippen LogP contribution >= 0.6 is 22.7 Å². The fourth-order valence-electron chi connectivity index (χ4n) is 1.66. The van der Waals surface area contributed by atoms with Gasteiger partial charge in [-0.2, -0.15) is 0 Å². The summed E-state index contributed by atoms with van der Waals surface area (Å²) >= 11 is 2.94. The molecule has 2 heterocycles. The summed E-state index contributed by atoms with van der Waals surface area (Å²) in [6.45, 7) is 0. The Morgan fingerprint density at radius 1 is 1.35 bits per heavy atom. The number of carbonyl (C=O) groups excluding carboxylic acids is 1. The summed E-state index contributed by atoms with van der Waals surface area (Å²) in [7, 11) is 0. The number of nitrogens with one attached hydrogen (secondary N) is 1. The fraction of sp³-hybridized carbons (Fsp3) is 0.308. The molecule has 0 unspecified atom stereocenters. The Balaban J connectivity index is 1.73. The van der Waals surface area contributed by atoms with Crippen molar-refractivity contribution in [2.75, 3.05) is 5.32 Å². The van der Waals surface area contributed by atoms with Crippen molar-refractivity contribution in [2.45, 2.75) is 25.7 Å². The highest BCUT2D eigenvalue weighted by atomic mass is 32.1. The zero-order valence-corrected chi connectivity index (χ0v) is 12.3. The smallest absolute Gasteiger partial charge is 0.309 e. The van der Waals surface area contributed by atoms with Crippen LogP contribution in [0.4, 0.5) is 5.13 Å². The molecule has 0 bridgehead atoms. The number of carboxylic acids is 1. The van der Waals surface area contributed by atoms with Crippen molar-refractivity contribution >= 4 is 39.7 Å². The molecule has 2 rings (SSSR count). The first-order valence-corrected chi connectivity index (χ1v) is 7.88. The van der Waals surface area contributed by atoms with E-state index in [2.05, 4.69) is 16.4 Å². The third-order valence-electron chi connectivity index (χ3n) is 2.54. The number of thiophene rings is 1. The van der Waals surface area contributed by atoms with Crippen LogP contribution in [0.2, 0.25) is 0 Å². The highest BCUT2D eigenvalue weighted by molar-refractivity contribution is 7.14. The molecule has 0 fully saturated rings. The molecular weight excluding hydrogens is 296 g/mol. The molecular formula is C13H14N2O3S2. The molecule has 0 saturated carbocycles. The summed E-state index contributed by atoms with van der Waals surface area (Å²) in [6, 6.07) is 4.06. The van der Waals surface area contributed by atoms with Gasteiger partial charge in [0.15, 0.2) is 5.13 Å². The highest BCUT2D eigenvalue weighted by Gasteiger charge is 2.09. The minimum Gasteiger partial charge on any atom is -0.481 e. The summed E-state index contributed by atoms with van der Waals surface area (Å²) in [5.41, 5.74) is 0.469. The van der Waals surface area contributed by atoms with Crippen LogP contribution in [0.5, 0.6) is 0 Å². The SMILES string of the molecule is O=C(O)Cc1csc(NC(=O)CCCc2cccs2)n1. The molecule has 20 heavy (non-hydrogen) atoms. The summed E-state index contributed by atoms with van der Waals surface area (Å²) in [4.78, 5) is 27.6. The molecule has 0 aliphatic rings. The van der Waals surface area contributed by atoms with Gasteiger partial charge in [-0.3, -0.25) is 9.59 Å². The lowest BCUT2D eigenvalue weighted by Gasteiger charge is -2.00. The topological polar surface area (TPSA) is 79.3 Å². The van der Waals surface area contributed by atoms with E-state index in [1.807, 2.05) is 11.4 Å². The van der Waals surface area contributed by atoms with E-state index in [9.17, 15) is 9.59 Å². The van der Waals surface area contributed by atoms with Crippen LogP contribution in [0, 0.1) is 0 Å². The quantitative estimate of drug-likeness (QED) is 0.824. The van der Waals surface area contributed by atoms with E-state index in [-0.39, 0.29) is 12.3 Å². The van der Waals surface area contributed by atoms with Crippen LogP contribution in [0.3, 0.4) is 0 Å². The Morgan fingerprint density at radius 2 is 2.20 bits per heavy atom. The number of aryl methyl sites for hydroxylation is 1. The maximum Gasteiger partial charge on any atom is 0.309 e. The summed E-state index contributed by atoms with van der Waals surface area (Å²) in [5, 5.41) is 15.5. The molecule has 2 aromatic rings. The van der Waals surface area contributed by atoms with E-state index >= 15 is 0 Å². The average molecular weight is 310 g/mol. The number of carbonyl (C=O) groups is 2. The second kappa shape index (κ2) is 7.16. The van der Waals surface area contributed by atoms with Crippen LogP contribution in [-0.4, -0.2) is 22.0 Å². The number of hydrogen-bond donors (Lipinski definition) is 2. The number of aliphatic carboxylic acids is 1. The fourth-order valence-corrected chi connectivity index (χ4v) is 3.14. The van der Waals surface area contributed by atoms with E-state index < -0.39 is 5.97 Å². The van der Waals surface area contributed by atoms with Gasteiger partial charge >= 0.3 is 5.97 Å². The third-order valence-corrected chi connectivity index (χ3v) is 4.28. The molecule has 5 nitrogen and oxygen atoms in total. The highest BCUT2D eigenvalue weighted by Crippen LogP contribution is 2.17. The molecule has 106 valence electrons. The summed E-state index contributed by atoms with van der Waals surface area (Å²) < 4.78 is 0. The Hall–Kier alpha value is -1.73. The average Bonchev–Trinajstić information content (AvgIpc) is 3.00. The maximum absolute atomic E-state index is 11.7. The monoisotopic (exact) mass is 310 g/mol. The second-order valence-corrected chi connectivity index (χ2v) is 6.09. The van der Waals surface area contributed by atoms with Gasteiger partial charge in [-0.05, 0) is 24.3 Å².